The van der Waals surface area contributed by atoms with Gasteiger partial charge < -0.3 is 4.90 Å². The molecule has 0 N–H and O–H groups in total. The van der Waals surface area contributed by atoms with Crippen molar-refractivity contribution in [3.63, 3.8) is 0 Å². The molecule has 152 valence electrons. The number of hydrogen-bond donors (Lipinski definition) is 0. The van der Waals surface area contributed by atoms with Crippen LogP contribution in [0.3, 0.4) is 0 Å². The minimum atomic E-state index is -0.189. The van der Waals surface area contributed by atoms with Gasteiger partial charge in [-0.3, -0.25) is 9.48 Å². The summed E-state index contributed by atoms with van der Waals surface area (Å²) in [5, 5.41) is 13.8. The fourth-order valence-electron chi connectivity index (χ4n) is 3.33. The molecule has 0 saturated heterocycles. The monoisotopic (exact) mass is 398 g/mol. The van der Waals surface area contributed by atoms with Crippen molar-refractivity contribution in [2.75, 3.05) is 6.54 Å². The second-order valence-electron chi connectivity index (χ2n) is 7.40. The van der Waals surface area contributed by atoms with Crippen LogP contribution in [0.25, 0.3) is 6.08 Å². The van der Waals surface area contributed by atoms with E-state index in [9.17, 15) is 4.79 Å². The van der Waals surface area contributed by atoms with Crippen molar-refractivity contribution in [3.05, 3.63) is 94.3 Å². The number of benzene rings is 2. The molecule has 0 aliphatic carbocycles. The standard InChI is InChI=1S/C25H26N4O/c1-19-9-11-23(12-10-19)18-29-21(3)24(20(2)27-29)13-14-25(30)28(16-15-26)17-22-7-5-4-6-8-22/h4-14H,16-18H2,1-3H3. The maximum Gasteiger partial charge on any atom is 0.247 e. The molecule has 1 amide bonds. The molecule has 0 atom stereocenters. The Kier molecular flexibility index (Phi) is 6.82. The van der Waals surface area contributed by atoms with E-state index in [0.717, 1.165) is 22.5 Å². The van der Waals surface area contributed by atoms with E-state index in [-0.39, 0.29) is 12.5 Å². The molecule has 1 heterocycles. The average molecular weight is 399 g/mol. The first-order chi connectivity index (χ1) is 14.5. The zero-order valence-electron chi connectivity index (χ0n) is 17.7. The highest BCUT2D eigenvalue weighted by Crippen LogP contribution is 2.17. The third kappa shape index (κ3) is 5.24. The smallest absolute Gasteiger partial charge is 0.247 e. The zero-order chi connectivity index (χ0) is 21.5. The zero-order valence-corrected chi connectivity index (χ0v) is 17.7. The summed E-state index contributed by atoms with van der Waals surface area (Å²) in [6.45, 7) is 7.16. The molecule has 3 rings (SSSR count). The Balaban J connectivity index is 1.75. The third-order valence-corrected chi connectivity index (χ3v) is 5.07. The Labute approximate surface area is 177 Å². The maximum absolute atomic E-state index is 12.7. The molecule has 1 aromatic heterocycles. The van der Waals surface area contributed by atoms with Crippen LogP contribution in [0.15, 0.2) is 60.7 Å². The minimum absolute atomic E-state index is 0.0444. The van der Waals surface area contributed by atoms with Crippen molar-refractivity contribution in [1.29, 1.82) is 5.26 Å². The maximum atomic E-state index is 12.7. The second-order valence-corrected chi connectivity index (χ2v) is 7.40. The SMILES string of the molecule is Cc1ccc(Cn2nc(C)c(C=CC(=O)N(CC#N)Cc3ccccc3)c2C)cc1. The molecule has 5 heteroatoms. The van der Waals surface area contributed by atoms with Crippen molar-refractivity contribution in [3.8, 4) is 6.07 Å². The van der Waals surface area contributed by atoms with Crippen LogP contribution in [0.4, 0.5) is 0 Å². The number of nitrogens with zero attached hydrogens (tertiary/aromatic N) is 4. The quantitative estimate of drug-likeness (QED) is 0.437. The molecule has 30 heavy (non-hydrogen) atoms. The van der Waals surface area contributed by atoms with E-state index in [1.54, 1.807) is 6.08 Å². The number of aromatic nitrogens is 2. The first-order valence-electron chi connectivity index (χ1n) is 9.95. The van der Waals surface area contributed by atoms with E-state index < -0.39 is 0 Å². The van der Waals surface area contributed by atoms with E-state index in [4.69, 9.17) is 5.26 Å². The van der Waals surface area contributed by atoms with Crippen LogP contribution in [0, 0.1) is 32.1 Å². The molecule has 0 spiro atoms. The third-order valence-electron chi connectivity index (χ3n) is 5.07. The number of carbonyl (C=O) groups excluding carboxylic acids is 1. The van der Waals surface area contributed by atoms with Gasteiger partial charge in [0.1, 0.15) is 6.54 Å². The van der Waals surface area contributed by atoms with Gasteiger partial charge in [-0.1, -0.05) is 60.2 Å². The first kappa shape index (κ1) is 21.1. The number of hydrogen-bond acceptors (Lipinski definition) is 3. The van der Waals surface area contributed by atoms with Crippen LogP contribution >= 0.6 is 0 Å². The van der Waals surface area contributed by atoms with Crippen LogP contribution in [0.5, 0.6) is 0 Å². The summed E-state index contributed by atoms with van der Waals surface area (Å²) in [5.41, 5.74) is 6.22. The molecule has 0 bridgehead atoms. The molecule has 0 aliphatic rings. The van der Waals surface area contributed by atoms with Gasteiger partial charge in [-0.2, -0.15) is 10.4 Å². The summed E-state index contributed by atoms with van der Waals surface area (Å²) >= 11 is 0. The molecular formula is C25H26N4O. The van der Waals surface area contributed by atoms with Crippen LogP contribution in [-0.4, -0.2) is 27.1 Å². The summed E-state index contributed by atoms with van der Waals surface area (Å²) in [4.78, 5) is 14.3. The molecule has 5 nitrogen and oxygen atoms in total. The second kappa shape index (κ2) is 9.71. The van der Waals surface area contributed by atoms with E-state index in [1.807, 2.05) is 48.9 Å². The summed E-state index contributed by atoms with van der Waals surface area (Å²) in [6, 6.07) is 20.2. The summed E-state index contributed by atoms with van der Waals surface area (Å²) < 4.78 is 1.96. The lowest BCUT2D eigenvalue weighted by Crippen LogP contribution is -2.29. The molecule has 3 aromatic rings. The number of carbonyl (C=O) groups is 1. The van der Waals surface area contributed by atoms with Crippen molar-refractivity contribution >= 4 is 12.0 Å². The number of rotatable bonds is 7. The van der Waals surface area contributed by atoms with Crippen LogP contribution in [-0.2, 0) is 17.9 Å². The summed E-state index contributed by atoms with van der Waals surface area (Å²) in [5.74, 6) is -0.189. The molecule has 0 fully saturated rings. The molecule has 0 saturated carbocycles. The molecule has 0 unspecified atom stereocenters. The van der Waals surface area contributed by atoms with Gasteiger partial charge in [0.25, 0.3) is 0 Å². The van der Waals surface area contributed by atoms with Gasteiger partial charge in [-0.05, 0) is 38.0 Å². The highest BCUT2D eigenvalue weighted by Gasteiger charge is 2.13. The van der Waals surface area contributed by atoms with Gasteiger partial charge in [0.2, 0.25) is 5.91 Å². The Morgan fingerprint density at radius 3 is 2.43 bits per heavy atom. The van der Waals surface area contributed by atoms with Crippen molar-refractivity contribution in [2.45, 2.75) is 33.9 Å². The highest BCUT2D eigenvalue weighted by molar-refractivity contribution is 5.92. The van der Waals surface area contributed by atoms with Gasteiger partial charge in [0, 0.05) is 23.9 Å². The predicted octanol–water partition coefficient (Wildman–Crippen LogP) is 4.42. The van der Waals surface area contributed by atoms with Crippen LogP contribution in [0.2, 0.25) is 0 Å². The first-order valence-corrected chi connectivity index (χ1v) is 9.95. The number of nitriles is 1. The molecule has 2 aromatic carbocycles. The van der Waals surface area contributed by atoms with E-state index >= 15 is 0 Å². The highest BCUT2D eigenvalue weighted by atomic mass is 16.2. The largest absolute Gasteiger partial charge is 0.322 e. The Morgan fingerprint density at radius 2 is 1.77 bits per heavy atom. The lowest BCUT2D eigenvalue weighted by molar-refractivity contribution is -0.125. The minimum Gasteiger partial charge on any atom is -0.322 e. The van der Waals surface area contributed by atoms with Gasteiger partial charge in [0.05, 0.1) is 18.3 Å². The topological polar surface area (TPSA) is 61.9 Å². The molecule has 0 aliphatic heterocycles. The van der Waals surface area contributed by atoms with Crippen LogP contribution in [0.1, 0.15) is 33.6 Å². The Morgan fingerprint density at radius 1 is 1.07 bits per heavy atom. The molecule has 0 radical (unpaired) electrons. The van der Waals surface area contributed by atoms with Gasteiger partial charge in [-0.15, -0.1) is 0 Å². The fraction of sp³-hybridized carbons (Fsp3) is 0.240. The summed E-state index contributed by atoms with van der Waals surface area (Å²) in [6.07, 6.45) is 3.34. The van der Waals surface area contributed by atoms with Crippen molar-refractivity contribution in [2.24, 2.45) is 0 Å². The van der Waals surface area contributed by atoms with Gasteiger partial charge in [-0.25, -0.2) is 0 Å². The van der Waals surface area contributed by atoms with E-state index in [0.29, 0.717) is 13.1 Å². The molecular weight excluding hydrogens is 372 g/mol. The van der Waals surface area contributed by atoms with Gasteiger partial charge in [0.15, 0.2) is 0 Å². The average Bonchev–Trinajstić information content (AvgIpc) is 3.01. The predicted molar refractivity (Wildman–Crippen MR) is 118 cm³/mol. The van der Waals surface area contributed by atoms with Crippen molar-refractivity contribution < 1.29 is 4.79 Å². The normalized spacial score (nSPS) is 10.9. The Bertz CT molecular complexity index is 1070. The van der Waals surface area contributed by atoms with E-state index in [2.05, 4.69) is 42.4 Å². The Hall–Kier alpha value is -3.65. The number of amides is 1. The summed E-state index contributed by atoms with van der Waals surface area (Å²) in [7, 11) is 0. The van der Waals surface area contributed by atoms with Crippen LogP contribution < -0.4 is 0 Å². The van der Waals surface area contributed by atoms with E-state index in [1.165, 1.54) is 22.1 Å². The van der Waals surface area contributed by atoms with Crippen molar-refractivity contribution in [1.82, 2.24) is 14.7 Å². The lowest BCUT2D eigenvalue weighted by atomic mass is 10.1. The lowest BCUT2D eigenvalue weighted by Gasteiger charge is -2.17. The number of aryl methyl sites for hydroxylation is 2. The fourth-order valence-corrected chi connectivity index (χ4v) is 3.33. The van der Waals surface area contributed by atoms with Gasteiger partial charge >= 0.3 is 0 Å².